The molecule has 2 aromatic carbocycles. The highest BCUT2D eigenvalue weighted by Gasteiger charge is 2.31. The Balaban J connectivity index is 1.93. The summed E-state index contributed by atoms with van der Waals surface area (Å²) in [6, 6.07) is 11.4. The van der Waals surface area contributed by atoms with E-state index in [4.69, 9.17) is 16.3 Å². The van der Waals surface area contributed by atoms with E-state index in [0.29, 0.717) is 30.4 Å². The van der Waals surface area contributed by atoms with E-state index in [9.17, 15) is 9.18 Å². The fourth-order valence-corrected chi connectivity index (χ4v) is 3.18. The maximum absolute atomic E-state index is 14.3. The van der Waals surface area contributed by atoms with E-state index in [1.807, 2.05) is 18.2 Å². The summed E-state index contributed by atoms with van der Waals surface area (Å²) in [5, 5.41) is 3.86. The normalized spacial score (nSPS) is 17.6. The molecule has 1 fully saturated rings. The highest BCUT2D eigenvalue weighted by atomic mass is 35.5. The van der Waals surface area contributed by atoms with Crippen molar-refractivity contribution in [3.63, 3.8) is 0 Å². The van der Waals surface area contributed by atoms with E-state index in [1.54, 1.807) is 17.0 Å². The summed E-state index contributed by atoms with van der Waals surface area (Å²) in [5.74, 6) is -0.552. The van der Waals surface area contributed by atoms with E-state index in [2.05, 4.69) is 5.32 Å². The SMILES string of the molecule is COc1ccc(C(=O)N2CCNCC2c2ccccc2Cl)c(F)c1. The molecule has 6 heteroatoms. The van der Waals surface area contributed by atoms with Crippen LogP contribution in [0.3, 0.4) is 0 Å². The van der Waals surface area contributed by atoms with Gasteiger partial charge in [0.1, 0.15) is 11.6 Å². The summed E-state index contributed by atoms with van der Waals surface area (Å²) in [6.07, 6.45) is 0. The fraction of sp³-hybridized carbons (Fsp3) is 0.278. The van der Waals surface area contributed by atoms with Crippen LogP contribution in [0.5, 0.6) is 5.75 Å². The first kappa shape index (κ1) is 16.7. The Bertz CT molecular complexity index is 754. The van der Waals surface area contributed by atoms with Gasteiger partial charge in [0.05, 0.1) is 18.7 Å². The molecule has 0 aromatic heterocycles. The Hall–Kier alpha value is -2.11. The molecule has 0 spiro atoms. The van der Waals surface area contributed by atoms with Crippen molar-refractivity contribution in [2.75, 3.05) is 26.7 Å². The molecular formula is C18H18ClFN2O2. The number of amides is 1. The van der Waals surface area contributed by atoms with Gasteiger partial charge in [0.15, 0.2) is 0 Å². The number of carbonyl (C=O) groups excluding carboxylic acids is 1. The van der Waals surface area contributed by atoms with E-state index in [0.717, 1.165) is 5.56 Å². The monoisotopic (exact) mass is 348 g/mol. The topological polar surface area (TPSA) is 41.6 Å². The van der Waals surface area contributed by atoms with Gasteiger partial charge < -0.3 is 15.0 Å². The molecule has 4 nitrogen and oxygen atoms in total. The van der Waals surface area contributed by atoms with Gasteiger partial charge in [-0.15, -0.1) is 0 Å². The lowest BCUT2D eigenvalue weighted by Crippen LogP contribution is -2.49. The Morgan fingerprint density at radius 1 is 1.33 bits per heavy atom. The number of hydrogen-bond acceptors (Lipinski definition) is 3. The van der Waals surface area contributed by atoms with Crippen molar-refractivity contribution in [1.82, 2.24) is 10.2 Å². The predicted octanol–water partition coefficient (Wildman–Crippen LogP) is 3.27. The van der Waals surface area contributed by atoms with Crippen LogP contribution in [-0.2, 0) is 0 Å². The first-order valence-electron chi connectivity index (χ1n) is 7.71. The lowest BCUT2D eigenvalue weighted by molar-refractivity contribution is 0.0629. The van der Waals surface area contributed by atoms with Gasteiger partial charge in [-0.05, 0) is 23.8 Å². The quantitative estimate of drug-likeness (QED) is 0.925. The van der Waals surface area contributed by atoms with Crippen molar-refractivity contribution in [3.8, 4) is 5.75 Å². The minimum absolute atomic E-state index is 0.0368. The molecule has 1 atom stereocenters. The summed E-state index contributed by atoms with van der Waals surface area (Å²) in [4.78, 5) is 14.6. The summed E-state index contributed by atoms with van der Waals surface area (Å²) in [7, 11) is 1.46. The van der Waals surface area contributed by atoms with Crippen LogP contribution in [0.2, 0.25) is 5.02 Å². The largest absolute Gasteiger partial charge is 0.497 e. The maximum Gasteiger partial charge on any atom is 0.257 e. The zero-order valence-corrected chi connectivity index (χ0v) is 14.0. The average molecular weight is 349 g/mol. The van der Waals surface area contributed by atoms with Gasteiger partial charge in [0.25, 0.3) is 5.91 Å². The number of carbonyl (C=O) groups is 1. The van der Waals surface area contributed by atoms with Crippen LogP contribution in [0.15, 0.2) is 42.5 Å². The van der Waals surface area contributed by atoms with Crippen molar-refractivity contribution in [3.05, 3.63) is 64.4 Å². The molecule has 0 aliphatic carbocycles. The third-order valence-corrected chi connectivity index (χ3v) is 4.52. The Morgan fingerprint density at radius 3 is 2.83 bits per heavy atom. The van der Waals surface area contributed by atoms with Gasteiger partial charge in [-0.3, -0.25) is 4.79 Å². The van der Waals surface area contributed by atoms with E-state index < -0.39 is 5.82 Å². The molecular weight excluding hydrogens is 331 g/mol. The summed E-state index contributed by atoms with van der Waals surface area (Å²) >= 11 is 6.29. The van der Waals surface area contributed by atoms with Crippen LogP contribution >= 0.6 is 11.6 Å². The Labute approximate surface area is 145 Å². The maximum atomic E-state index is 14.3. The van der Waals surface area contributed by atoms with Crippen molar-refractivity contribution in [1.29, 1.82) is 0 Å². The second-order valence-corrected chi connectivity index (χ2v) is 5.99. The van der Waals surface area contributed by atoms with Gasteiger partial charge in [-0.1, -0.05) is 29.8 Å². The third-order valence-electron chi connectivity index (χ3n) is 4.18. The molecule has 1 N–H and O–H groups in total. The number of nitrogens with one attached hydrogen (secondary N) is 1. The van der Waals surface area contributed by atoms with Crippen LogP contribution in [-0.4, -0.2) is 37.6 Å². The van der Waals surface area contributed by atoms with Crippen LogP contribution in [0.4, 0.5) is 4.39 Å². The number of halogens is 2. The molecule has 24 heavy (non-hydrogen) atoms. The lowest BCUT2D eigenvalue weighted by Gasteiger charge is -2.37. The van der Waals surface area contributed by atoms with Crippen LogP contribution in [0.25, 0.3) is 0 Å². The molecule has 1 aliphatic heterocycles. The molecule has 2 aromatic rings. The molecule has 1 aliphatic rings. The first-order valence-corrected chi connectivity index (χ1v) is 8.09. The molecule has 3 rings (SSSR count). The Kier molecular flexibility index (Phi) is 5.02. The lowest BCUT2D eigenvalue weighted by atomic mass is 10.0. The van der Waals surface area contributed by atoms with E-state index in [-0.39, 0.29) is 17.5 Å². The molecule has 126 valence electrons. The Morgan fingerprint density at radius 2 is 2.12 bits per heavy atom. The minimum Gasteiger partial charge on any atom is -0.497 e. The highest BCUT2D eigenvalue weighted by Crippen LogP contribution is 2.30. The minimum atomic E-state index is -0.587. The number of ether oxygens (including phenoxy) is 1. The second-order valence-electron chi connectivity index (χ2n) is 5.59. The third kappa shape index (κ3) is 3.23. The molecule has 0 saturated carbocycles. The molecule has 0 bridgehead atoms. The zero-order valence-electron chi connectivity index (χ0n) is 13.3. The molecule has 0 radical (unpaired) electrons. The number of hydrogen-bond donors (Lipinski definition) is 1. The second kappa shape index (κ2) is 7.20. The number of rotatable bonds is 3. The van der Waals surface area contributed by atoms with Gasteiger partial charge in [0, 0.05) is 30.7 Å². The van der Waals surface area contributed by atoms with Crippen LogP contribution < -0.4 is 10.1 Å². The standard InChI is InChI=1S/C18H18ClFN2O2/c1-24-12-6-7-14(16(20)10-12)18(23)22-9-8-21-11-17(22)13-4-2-3-5-15(13)19/h2-7,10,17,21H,8-9,11H2,1H3. The van der Waals surface area contributed by atoms with Crippen molar-refractivity contribution in [2.24, 2.45) is 0 Å². The average Bonchev–Trinajstić information content (AvgIpc) is 2.61. The molecule has 1 saturated heterocycles. The van der Waals surface area contributed by atoms with E-state index >= 15 is 0 Å². The van der Waals surface area contributed by atoms with Crippen LogP contribution in [0.1, 0.15) is 22.0 Å². The number of nitrogens with zero attached hydrogens (tertiary/aromatic N) is 1. The number of benzene rings is 2. The predicted molar refractivity (Wildman–Crippen MR) is 91.1 cm³/mol. The molecule has 1 heterocycles. The summed E-state index contributed by atoms with van der Waals surface area (Å²) in [5.41, 5.74) is 0.892. The zero-order chi connectivity index (χ0) is 17.1. The van der Waals surface area contributed by atoms with E-state index in [1.165, 1.54) is 19.2 Å². The summed E-state index contributed by atoms with van der Waals surface area (Å²) < 4.78 is 19.3. The van der Waals surface area contributed by atoms with Gasteiger partial charge in [-0.2, -0.15) is 0 Å². The number of methoxy groups -OCH3 is 1. The van der Waals surface area contributed by atoms with Gasteiger partial charge >= 0.3 is 0 Å². The molecule has 1 amide bonds. The highest BCUT2D eigenvalue weighted by molar-refractivity contribution is 6.31. The fourth-order valence-electron chi connectivity index (χ4n) is 2.92. The van der Waals surface area contributed by atoms with Gasteiger partial charge in [-0.25, -0.2) is 4.39 Å². The summed E-state index contributed by atoms with van der Waals surface area (Å²) in [6.45, 7) is 1.72. The number of piperazine rings is 1. The molecule has 1 unspecified atom stereocenters. The smallest absolute Gasteiger partial charge is 0.257 e. The first-order chi connectivity index (χ1) is 11.6. The van der Waals surface area contributed by atoms with Crippen molar-refractivity contribution < 1.29 is 13.9 Å². The van der Waals surface area contributed by atoms with Gasteiger partial charge in [0.2, 0.25) is 0 Å². The van der Waals surface area contributed by atoms with Crippen molar-refractivity contribution >= 4 is 17.5 Å². The van der Waals surface area contributed by atoms with Crippen LogP contribution in [0, 0.1) is 5.82 Å². The van der Waals surface area contributed by atoms with Crippen molar-refractivity contribution in [2.45, 2.75) is 6.04 Å².